The van der Waals surface area contributed by atoms with E-state index in [9.17, 15) is 4.79 Å². The van der Waals surface area contributed by atoms with Gasteiger partial charge in [-0.15, -0.1) is 0 Å². The molecule has 0 atom stereocenters. The summed E-state index contributed by atoms with van der Waals surface area (Å²) in [6.07, 6.45) is 7.13. The molecule has 0 aliphatic rings. The number of unbranched alkanes of at least 4 members (excludes halogenated alkanes) is 3. The van der Waals surface area contributed by atoms with Gasteiger partial charge in [-0.25, -0.2) is 0 Å². The van der Waals surface area contributed by atoms with Crippen molar-refractivity contribution in [2.45, 2.75) is 32.1 Å². The first-order valence-electron chi connectivity index (χ1n) is 6.27. The van der Waals surface area contributed by atoms with E-state index in [4.69, 9.17) is 0 Å². The normalized spacial score (nSPS) is 9.88. The van der Waals surface area contributed by atoms with Crippen molar-refractivity contribution in [2.75, 3.05) is 6.54 Å². The fraction of sp³-hybridized carbons (Fsp3) is 0.400. The van der Waals surface area contributed by atoms with Crippen molar-refractivity contribution in [3.05, 3.63) is 48.6 Å². The summed E-state index contributed by atoms with van der Waals surface area (Å²) in [5, 5.41) is 2.78. The molecule has 1 amide bonds. The van der Waals surface area contributed by atoms with Crippen LogP contribution in [-0.4, -0.2) is 12.5 Å². The number of rotatable bonds is 8. The molecule has 0 saturated heterocycles. The second-order valence-corrected chi connectivity index (χ2v) is 4.14. The van der Waals surface area contributed by atoms with Crippen LogP contribution in [0.15, 0.2) is 43.0 Å². The van der Waals surface area contributed by atoms with Crippen molar-refractivity contribution in [1.82, 2.24) is 5.32 Å². The molecule has 1 aromatic carbocycles. The van der Waals surface area contributed by atoms with E-state index in [1.165, 1.54) is 30.9 Å². The monoisotopic (exact) mass is 231 g/mol. The lowest BCUT2D eigenvalue weighted by atomic mass is 10.1. The summed E-state index contributed by atoms with van der Waals surface area (Å²) in [6.45, 7) is 4.17. The molecule has 0 unspecified atom stereocenters. The van der Waals surface area contributed by atoms with Gasteiger partial charge in [0.2, 0.25) is 5.91 Å². The second kappa shape index (κ2) is 8.57. The molecule has 0 bridgehead atoms. The predicted molar refractivity (Wildman–Crippen MR) is 71.8 cm³/mol. The first-order valence-corrected chi connectivity index (χ1v) is 6.27. The molecule has 0 radical (unpaired) electrons. The standard InChI is InChI=1S/C15H21NO/c1-2-15(17)16-13-9-4-3-6-10-14-11-7-5-8-12-14/h2,5,7-8,11-12H,1,3-4,6,9-10,13H2,(H,16,17). The zero-order chi connectivity index (χ0) is 12.3. The number of nitrogens with one attached hydrogen (secondary N) is 1. The van der Waals surface area contributed by atoms with E-state index in [0.29, 0.717) is 0 Å². The van der Waals surface area contributed by atoms with Gasteiger partial charge in [-0.05, 0) is 30.9 Å². The summed E-state index contributed by atoms with van der Waals surface area (Å²) in [5.74, 6) is -0.0747. The van der Waals surface area contributed by atoms with Crippen LogP contribution >= 0.6 is 0 Å². The van der Waals surface area contributed by atoms with Crippen molar-refractivity contribution in [3.63, 3.8) is 0 Å². The van der Waals surface area contributed by atoms with Gasteiger partial charge in [-0.1, -0.05) is 49.8 Å². The van der Waals surface area contributed by atoms with Crippen LogP contribution in [-0.2, 0) is 11.2 Å². The molecule has 2 nitrogen and oxygen atoms in total. The molecule has 0 aliphatic carbocycles. The van der Waals surface area contributed by atoms with Crippen molar-refractivity contribution in [2.24, 2.45) is 0 Å². The minimum atomic E-state index is -0.0747. The van der Waals surface area contributed by atoms with E-state index in [1.807, 2.05) is 6.07 Å². The number of carbonyl (C=O) groups is 1. The Morgan fingerprint density at radius 1 is 1.12 bits per heavy atom. The van der Waals surface area contributed by atoms with E-state index in [2.05, 4.69) is 36.2 Å². The number of aryl methyl sites for hydroxylation is 1. The van der Waals surface area contributed by atoms with Gasteiger partial charge in [0.05, 0.1) is 0 Å². The third kappa shape index (κ3) is 6.56. The maximum Gasteiger partial charge on any atom is 0.243 e. The SMILES string of the molecule is C=CC(=O)NCCCCCCc1ccccc1. The van der Waals surface area contributed by atoms with Crippen molar-refractivity contribution >= 4 is 5.91 Å². The third-order valence-electron chi connectivity index (χ3n) is 2.72. The van der Waals surface area contributed by atoms with Crippen LogP contribution in [0.3, 0.4) is 0 Å². The Balaban J connectivity index is 1.95. The molecular weight excluding hydrogens is 210 g/mol. The van der Waals surface area contributed by atoms with E-state index < -0.39 is 0 Å². The molecule has 1 aromatic rings. The average molecular weight is 231 g/mol. The first-order chi connectivity index (χ1) is 8.33. The highest BCUT2D eigenvalue weighted by Crippen LogP contribution is 2.07. The number of amides is 1. The van der Waals surface area contributed by atoms with E-state index >= 15 is 0 Å². The molecule has 92 valence electrons. The van der Waals surface area contributed by atoms with Crippen molar-refractivity contribution in [3.8, 4) is 0 Å². The summed E-state index contributed by atoms with van der Waals surface area (Å²) in [6, 6.07) is 10.6. The Hall–Kier alpha value is -1.57. The Morgan fingerprint density at radius 3 is 2.53 bits per heavy atom. The molecular formula is C15H21NO. The van der Waals surface area contributed by atoms with Gasteiger partial charge in [0, 0.05) is 6.54 Å². The van der Waals surface area contributed by atoms with Crippen LogP contribution in [0.4, 0.5) is 0 Å². The lowest BCUT2D eigenvalue weighted by Gasteiger charge is -2.03. The van der Waals surface area contributed by atoms with Gasteiger partial charge in [0.15, 0.2) is 0 Å². The van der Waals surface area contributed by atoms with Gasteiger partial charge >= 0.3 is 0 Å². The number of hydrogen-bond donors (Lipinski definition) is 1. The highest BCUT2D eigenvalue weighted by atomic mass is 16.1. The van der Waals surface area contributed by atoms with Crippen molar-refractivity contribution in [1.29, 1.82) is 0 Å². The summed E-state index contributed by atoms with van der Waals surface area (Å²) >= 11 is 0. The van der Waals surface area contributed by atoms with E-state index in [1.54, 1.807) is 0 Å². The highest BCUT2D eigenvalue weighted by Gasteiger charge is 1.94. The molecule has 0 aromatic heterocycles. The Labute approximate surface area is 104 Å². The molecule has 0 spiro atoms. The Bertz CT molecular complexity index is 332. The number of benzene rings is 1. The molecule has 17 heavy (non-hydrogen) atoms. The second-order valence-electron chi connectivity index (χ2n) is 4.14. The topological polar surface area (TPSA) is 29.1 Å². The minimum absolute atomic E-state index is 0.0747. The minimum Gasteiger partial charge on any atom is -0.353 e. The van der Waals surface area contributed by atoms with E-state index in [0.717, 1.165) is 19.4 Å². The van der Waals surface area contributed by atoms with Crippen molar-refractivity contribution < 1.29 is 4.79 Å². The van der Waals surface area contributed by atoms with Crippen LogP contribution in [0.25, 0.3) is 0 Å². The molecule has 0 heterocycles. The summed E-state index contributed by atoms with van der Waals surface area (Å²) < 4.78 is 0. The predicted octanol–water partition coefficient (Wildman–Crippen LogP) is 3.09. The number of carbonyl (C=O) groups excluding carboxylic acids is 1. The lowest BCUT2D eigenvalue weighted by molar-refractivity contribution is -0.116. The largest absolute Gasteiger partial charge is 0.353 e. The van der Waals surface area contributed by atoms with Gasteiger partial charge in [0.25, 0.3) is 0 Å². The smallest absolute Gasteiger partial charge is 0.243 e. The maximum absolute atomic E-state index is 10.9. The Morgan fingerprint density at radius 2 is 1.82 bits per heavy atom. The summed E-state index contributed by atoms with van der Waals surface area (Å²) in [4.78, 5) is 10.9. The highest BCUT2D eigenvalue weighted by molar-refractivity contribution is 5.86. The quantitative estimate of drug-likeness (QED) is 0.540. The third-order valence-corrected chi connectivity index (χ3v) is 2.72. The molecule has 2 heteroatoms. The lowest BCUT2D eigenvalue weighted by Crippen LogP contribution is -2.21. The first kappa shape index (κ1) is 13.5. The van der Waals surface area contributed by atoms with E-state index in [-0.39, 0.29) is 5.91 Å². The van der Waals surface area contributed by atoms with Gasteiger partial charge < -0.3 is 5.32 Å². The van der Waals surface area contributed by atoms with Crippen LogP contribution in [0.2, 0.25) is 0 Å². The van der Waals surface area contributed by atoms with Gasteiger partial charge in [0.1, 0.15) is 0 Å². The molecule has 0 fully saturated rings. The van der Waals surface area contributed by atoms with Crippen LogP contribution < -0.4 is 5.32 Å². The van der Waals surface area contributed by atoms with Gasteiger partial charge in [-0.3, -0.25) is 4.79 Å². The molecule has 0 saturated carbocycles. The average Bonchev–Trinajstić information content (AvgIpc) is 2.38. The Kier molecular flexibility index (Phi) is 6.80. The zero-order valence-corrected chi connectivity index (χ0v) is 10.3. The molecule has 1 N–H and O–H groups in total. The van der Waals surface area contributed by atoms with Crippen LogP contribution in [0.1, 0.15) is 31.2 Å². The fourth-order valence-corrected chi connectivity index (χ4v) is 1.74. The number of hydrogen-bond acceptors (Lipinski definition) is 1. The van der Waals surface area contributed by atoms with Gasteiger partial charge in [-0.2, -0.15) is 0 Å². The van der Waals surface area contributed by atoms with Crippen LogP contribution in [0.5, 0.6) is 0 Å². The maximum atomic E-state index is 10.9. The zero-order valence-electron chi connectivity index (χ0n) is 10.3. The summed E-state index contributed by atoms with van der Waals surface area (Å²) in [7, 11) is 0. The van der Waals surface area contributed by atoms with Crippen LogP contribution in [0, 0.1) is 0 Å². The molecule has 0 aliphatic heterocycles. The summed E-state index contributed by atoms with van der Waals surface area (Å²) in [5.41, 5.74) is 1.41. The fourth-order valence-electron chi connectivity index (χ4n) is 1.74. The molecule has 1 rings (SSSR count).